The van der Waals surface area contributed by atoms with Crippen LogP contribution in [-0.4, -0.2) is 28.7 Å². The van der Waals surface area contributed by atoms with Gasteiger partial charge in [-0.1, -0.05) is 57.4 Å². The van der Waals surface area contributed by atoms with Crippen molar-refractivity contribution >= 4 is 35.8 Å². The van der Waals surface area contributed by atoms with Crippen molar-refractivity contribution in [2.24, 2.45) is 0 Å². The molecular formula is C19H22BrNO4S2. The zero-order valence-electron chi connectivity index (χ0n) is 15.1. The normalized spacial score (nSPS) is 12.9. The smallest absolute Gasteiger partial charge is 0.219 e. The van der Waals surface area contributed by atoms with Gasteiger partial charge in [-0.25, -0.2) is 21.6 Å². The molecule has 146 valence electrons. The molecule has 0 aliphatic carbocycles. The summed E-state index contributed by atoms with van der Waals surface area (Å²) in [5.41, 5.74) is 1.95. The highest BCUT2D eigenvalue weighted by Gasteiger charge is 2.19. The lowest BCUT2D eigenvalue weighted by Gasteiger charge is -2.08. The van der Waals surface area contributed by atoms with Gasteiger partial charge in [-0.3, -0.25) is 0 Å². The van der Waals surface area contributed by atoms with Gasteiger partial charge in [0.2, 0.25) is 19.9 Å². The van der Waals surface area contributed by atoms with Crippen molar-refractivity contribution in [1.82, 2.24) is 4.72 Å². The van der Waals surface area contributed by atoms with Crippen molar-refractivity contribution in [3.05, 3.63) is 70.6 Å². The summed E-state index contributed by atoms with van der Waals surface area (Å²) >= 11 is 3.21. The third-order valence-corrected chi connectivity index (χ3v) is 8.29. The van der Waals surface area contributed by atoms with Gasteiger partial charge in [0.05, 0.1) is 14.7 Å². The Labute approximate surface area is 169 Å². The van der Waals surface area contributed by atoms with Gasteiger partial charge in [0.1, 0.15) is 0 Å². The average Bonchev–Trinajstić information content (AvgIpc) is 2.62. The largest absolute Gasteiger partial charge is 0.240 e. The Morgan fingerprint density at radius 3 is 1.85 bits per heavy atom. The molecule has 0 atom stereocenters. The van der Waals surface area contributed by atoms with E-state index in [0.29, 0.717) is 0 Å². The number of hydrogen-bond donors (Lipinski definition) is 1. The van der Waals surface area contributed by atoms with Gasteiger partial charge >= 0.3 is 0 Å². The standard InChI is InChI=1S/C19H22BrNO4S2/c1-15-5-9-17(10-6-15)26(22,23)19(14-20)4-3-13-21-27(24,25)18-11-7-16(2)8-12-18/h4-12,21H,3,13-14H2,1-2H3/b19-4+. The van der Waals surface area contributed by atoms with Crippen LogP contribution in [0.5, 0.6) is 0 Å². The molecule has 0 spiro atoms. The van der Waals surface area contributed by atoms with E-state index in [0.717, 1.165) is 11.1 Å². The molecule has 0 saturated heterocycles. The second kappa shape index (κ2) is 9.14. The van der Waals surface area contributed by atoms with Gasteiger partial charge < -0.3 is 0 Å². The quantitative estimate of drug-likeness (QED) is 0.469. The third kappa shape index (κ3) is 5.75. The zero-order chi connectivity index (χ0) is 20.1. The molecule has 2 rings (SSSR count). The van der Waals surface area contributed by atoms with Crippen LogP contribution in [-0.2, 0) is 19.9 Å². The number of rotatable bonds is 8. The summed E-state index contributed by atoms with van der Waals surface area (Å²) in [5.74, 6) is 0. The fourth-order valence-electron chi connectivity index (χ4n) is 2.33. The Hall–Kier alpha value is -1.48. The van der Waals surface area contributed by atoms with Crippen LogP contribution in [0.15, 0.2) is 69.3 Å². The van der Waals surface area contributed by atoms with E-state index < -0.39 is 19.9 Å². The number of sulfone groups is 1. The van der Waals surface area contributed by atoms with Gasteiger partial charge in [-0.2, -0.15) is 0 Å². The van der Waals surface area contributed by atoms with E-state index in [1.807, 2.05) is 13.8 Å². The minimum absolute atomic E-state index is 0.107. The van der Waals surface area contributed by atoms with E-state index in [4.69, 9.17) is 0 Å². The van der Waals surface area contributed by atoms with E-state index in [9.17, 15) is 16.8 Å². The summed E-state index contributed by atoms with van der Waals surface area (Å²) < 4.78 is 52.4. The molecule has 0 fully saturated rings. The predicted octanol–water partition coefficient (Wildman–Crippen LogP) is 3.72. The van der Waals surface area contributed by atoms with Crippen LogP contribution in [0.2, 0.25) is 0 Å². The molecule has 0 amide bonds. The second-order valence-electron chi connectivity index (χ2n) is 6.12. The van der Waals surface area contributed by atoms with Crippen molar-refractivity contribution in [1.29, 1.82) is 0 Å². The van der Waals surface area contributed by atoms with Gasteiger partial charge in [0.15, 0.2) is 0 Å². The van der Waals surface area contributed by atoms with Gasteiger partial charge in [0, 0.05) is 11.9 Å². The first kappa shape index (κ1) is 21.8. The molecule has 0 unspecified atom stereocenters. The van der Waals surface area contributed by atoms with Crippen molar-refractivity contribution in [3.63, 3.8) is 0 Å². The van der Waals surface area contributed by atoms with Crippen LogP contribution in [0.25, 0.3) is 0 Å². The molecule has 0 aliphatic rings. The maximum atomic E-state index is 12.7. The number of hydrogen-bond acceptors (Lipinski definition) is 4. The Bertz CT molecular complexity index is 1010. The number of halogens is 1. The van der Waals surface area contributed by atoms with Gasteiger partial charge in [-0.05, 0) is 44.5 Å². The molecular weight excluding hydrogens is 450 g/mol. The minimum Gasteiger partial charge on any atom is -0.219 e. The number of aryl methyl sites for hydroxylation is 2. The summed E-state index contributed by atoms with van der Waals surface area (Å²) in [6.45, 7) is 3.87. The van der Waals surface area contributed by atoms with Crippen LogP contribution in [0.1, 0.15) is 17.5 Å². The number of benzene rings is 2. The zero-order valence-corrected chi connectivity index (χ0v) is 18.4. The van der Waals surface area contributed by atoms with Crippen LogP contribution < -0.4 is 4.72 Å². The monoisotopic (exact) mass is 471 g/mol. The highest BCUT2D eigenvalue weighted by atomic mass is 79.9. The second-order valence-corrected chi connectivity index (χ2v) is 10.5. The highest BCUT2D eigenvalue weighted by molar-refractivity contribution is 9.09. The van der Waals surface area contributed by atoms with Gasteiger partial charge in [-0.15, -0.1) is 0 Å². The Kier molecular flexibility index (Phi) is 7.39. The SMILES string of the molecule is Cc1ccc(S(=O)(=O)NCC/C=C(\CBr)S(=O)(=O)c2ccc(C)cc2)cc1. The lowest BCUT2D eigenvalue weighted by Crippen LogP contribution is -2.24. The first-order chi connectivity index (χ1) is 12.7. The average molecular weight is 472 g/mol. The molecule has 2 aromatic carbocycles. The third-order valence-electron chi connectivity index (χ3n) is 3.95. The van der Waals surface area contributed by atoms with Crippen molar-refractivity contribution in [3.8, 4) is 0 Å². The Morgan fingerprint density at radius 2 is 1.37 bits per heavy atom. The maximum absolute atomic E-state index is 12.7. The summed E-state index contributed by atoms with van der Waals surface area (Å²) in [5, 5.41) is 0.161. The molecule has 2 aromatic rings. The fraction of sp³-hybridized carbons (Fsp3) is 0.263. The van der Waals surface area contributed by atoms with Gasteiger partial charge in [0.25, 0.3) is 0 Å². The minimum atomic E-state index is -3.61. The number of allylic oxidation sites excluding steroid dienone is 1. The van der Waals surface area contributed by atoms with E-state index >= 15 is 0 Å². The number of alkyl halides is 1. The summed E-state index contributed by atoms with van der Waals surface area (Å²) in [6, 6.07) is 13.2. The molecule has 0 bridgehead atoms. The summed E-state index contributed by atoms with van der Waals surface area (Å²) in [6.07, 6.45) is 1.80. The molecule has 0 aliphatic heterocycles. The molecule has 1 N–H and O–H groups in total. The van der Waals surface area contributed by atoms with Crippen LogP contribution in [0, 0.1) is 13.8 Å². The Morgan fingerprint density at radius 1 is 0.889 bits per heavy atom. The molecule has 0 heterocycles. The molecule has 5 nitrogen and oxygen atoms in total. The summed E-state index contributed by atoms with van der Waals surface area (Å²) in [4.78, 5) is 0.616. The van der Waals surface area contributed by atoms with E-state index in [-0.39, 0.29) is 33.0 Å². The summed E-state index contributed by atoms with van der Waals surface area (Å²) in [7, 11) is -7.22. The molecule has 8 heteroatoms. The van der Waals surface area contributed by atoms with Crippen LogP contribution >= 0.6 is 15.9 Å². The van der Waals surface area contributed by atoms with E-state index in [1.54, 1.807) is 54.6 Å². The van der Waals surface area contributed by atoms with Crippen LogP contribution in [0.3, 0.4) is 0 Å². The molecule has 0 radical (unpaired) electrons. The lowest BCUT2D eigenvalue weighted by atomic mass is 10.2. The maximum Gasteiger partial charge on any atom is 0.240 e. The molecule has 27 heavy (non-hydrogen) atoms. The molecule has 0 saturated carbocycles. The van der Waals surface area contributed by atoms with Crippen molar-refractivity contribution < 1.29 is 16.8 Å². The molecule has 0 aromatic heterocycles. The van der Waals surface area contributed by atoms with Crippen LogP contribution in [0.4, 0.5) is 0 Å². The predicted molar refractivity (Wildman–Crippen MR) is 111 cm³/mol. The Balaban J connectivity index is 2.07. The highest BCUT2D eigenvalue weighted by Crippen LogP contribution is 2.21. The first-order valence-electron chi connectivity index (χ1n) is 8.30. The fourth-order valence-corrected chi connectivity index (χ4v) is 5.79. The van der Waals surface area contributed by atoms with Crippen molar-refractivity contribution in [2.75, 3.05) is 11.9 Å². The van der Waals surface area contributed by atoms with Crippen molar-refractivity contribution in [2.45, 2.75) is 30.1 Å². The first-order valence-corrected chi connectivity index (χ1v) is 12.4. The van der Waals surface area contributed by atoms with E-state index in [1.165, 1.54) is 0 Å². The number of sulfonamides is 1. The topological polar surface area (TPSA) is 80.3 Å². The van der Waals surface area contributed by atoms with E-state index in [2.05, 4.69) is 20.7 Å². The lowest BCUT2D eigenvalue weighted by molar-refractivity contribution is 0.582. The number of nitrogens with one attached hydrogen (secondary N) is 1.